The summed E-state index contributed by atoms with van der Waals surface area (Å²) in [5, 5.41) is 4.26. The molecule has 2 aromatic heterocycles. The number of anilines is 1. The molecule has 3 rings (SSSR count). The number of hydrogen-bond donors (Lipinski definition) is 1. The van der Waals surface area contributed by atoms with Crippen molar-refractivity contribution in [2.45, 2.75) is 38.9 Å². The van der Waals surface area contributed by atoms with Crippen molar-refractivity contribution in [3.8, 4) is 5.82 Å². The van der Waals surface area contributed by atoms with Crippen LogP contribution < -0.4 is 11.2 Å². The molecule has 0 radical (unpaired) electrons. The maximum absolute atomic E-state index is 5.99. The van der Waals surface area contributed by atoms with Crippen LogP contribution in [0.4, 0.5) is 5.82 Å². The Morgan fingerprint density at radius 2 is 1.71 bits per heavy atom. The summed E-state index contributed by atoms with van der Waals surface area (Å²) in [5.41, 5.74) is 5.86. The van der Waals surface area contributed by atoms with E-state index in [0.717, 1.165) is 5.46 Å². The van der Waals surface area contributed by atoms with E-state index in [1.165, 1.54) is 6.20 Å². The predicted molar refractivity (Wildman–Crippen MR) is 79.3 cm³/mol. The average Bonchev–Trinajstić information content (AvgIpc) is 2.94. The molecule has 1 saturated heterocycles. The Morgan fingerprint density at radius 3 is 2.33 bits per heavy atom. The third-order valence-electron chi connectivity index (χ3n) is 4.05. The average molecular weight is 287 g/mol. The van der Waals surface area contributed by atoms with Gasteiger partial charge < -0.3 is 15.0 Å². The van der Waals surface area contributed by atoms with Crippen LogP contribution in [0.1, 0.15) is 27.7 Å². The van der Waals surface area contributed by atoms with Gasteiger partial charge in [-0.2, -0.15) is 5.10 Å². The smallest absolute Gasteiger partial charge is 0.399 e. The normalized spacial score (nSPS) is 19.9. The Labute approximate surface area is 123 Å². The van der Waals surface area contributed by atoms with Crippen LogP contribution in [-0.4, -0.2) is 38.1 Å². The van der Waals surface area contributed by atoms with Gasteiger partial charge in [0.1, 0.15) is 0 Å². The number of aromatic nitrogens is 4. The standard InChI is InChI=1S/C13H18BN5O2/c1-12(2)13(3,4)21-14(20-12)9-7-18-19(8-9)11-10(15)16-5-6-17-11/h5-8H,1-4H3,(H2,15,16). The number of rotatable bonds is 2. The zero-order valence-electron chi connectivity index (χ0n) is 12.6. The number of nitrogens with two attached hydrogens (primary N) is 1. The quantitative estimate of drug-likeness (QED) is 0.811. The lowest BCUT2D eigenvalue weighted by atomic mass is 9.82. The van der Waals surface area contributed by atoms with E-state index in [4.69, 9.17) is 15.0 Å². The van der Waals surface area contributed by atoms with E-state index >= 15 is 0 Å². The number of nitrogen functional groups attached to an aromatic ring is 1. The van der Waals surface area contributed by atoms with Crippen molar-refractivity contribution in [3.05, 3.63) is 24.8 Å². The minimum Gasteiger partial charge on any atom is -0.399 e. The molecular weight excluding hydrogens is 269 g/mol. The maximum Gasteiger partial charge on any atom is 0.498 e. The molecular formula is C13H18BN5O2. The second-order valence-electron chi connectivity index (χ2n) is 6.07. The molecule has 8 heteroatoms. The first-order valence-electron chi connectivity index (χ1n) is 6.77. The van der Waals surface area contributed by atoms with Gasteiger partial charge in [-0.1, -0.05) is 0 Å². The van der Waals surface area contributed by atoms with E-state index < -0.39 is 7.12 Å². The fraction of sp³-hybridized carbons (Fsp3) is 0.462. The summed E-state index contributed by atoms with van der Waals surface area (Å²) in [5.74, 6) is 0.807. The van der Waals surface area contributed by atoms with Gasteiger partial charge in [0.05, 0.1) is 11.2 Å². The lowest BCUT2D eigenvalue weighted by Gasteiger charge is -2.32. The van der Waals surface area contributed by atoms with Crippen molar-refractivity contribution in [1.29, 1.82) is 0 Å². The van der Waals surface area contributed by atoms with Crippen LogP contribution in [0, 0.1) is 0 Å². The lowest BCUT2D eigenvalue weighted by molar-refractivity contribution is 0.00578. The highest BCUT2D eigenvalue weighted by Gasteiger charge is 2.52. The zero-order chi connectivity index (χ0) is 15.3. The van der Waals surface area contributed by atoms with Crippen molar-refractivity contribution in [1.82, 2.24) is 19.7 Å². The second kappa shape index (κ2) is 4.54. The highest BCUT2D eigenvalue weighted by atomic mass is 16.7. The first-order valence-corrected chi connectivity index (χ1v) is 6.77. The summed E-state index contributed by atoms with van der Waals surface area (Å²) in [7, 11) is -0.457. The molecule has 2 aromatic rings. The molecule has 110 valence electrons. The Morgan fingerprint density at radius 1 is 1.10 bits per heavy atom. The van der Waals surface area contributed by atoms with Gasteiger partial charge in [0.15, 0.2) is 11.6 Å². The molecule has 1 fully saturated rings. The minimum absolute atomic E-state index is 0.320. The van der Waals surface area contributed by atoms with Crippen LogP contribution in [0.3, 0.4) is 0 Å². The van der Waals surface area contributed by atoms with Gasteiger partial charge in [0.25, 0.3) is 0 Å². The Balaban J connectivity index is 1.89. The summed E-state index contributed by atoms with van der Waals surface area (Å²) in [6.45, 7) is 8.05. The molecule has 1 aliphatic heterocycles. The summed E-state index contributed by atoms with van der Waals surface area (Å²) < 4.78 is 13.5. The van der Waals surface area contributed by atoms with E-state index in [-0.39, 0.29) is 11.2 Å². The molecule has 0 aliphatic carbocycles. The van der Waals surface area contributed by atoms with Gasteiger partial charge in [-0.3, -0.25) is 0 Å². The Bertz CT molecular complexity index is 654. The molecule has 0 spiro atoms. The summed E-state index contributed by atoms with van der Waals surface area (Å²) in [6.07, 6.45) is 6.60. The molecule has 0 bridgehead atoms. The molecule has 0 aromatic carbocycles. The topological polar surface area (TPSA) is 88.1 Å². The van der Waals surface area contributed by atoms with E-state index in [1.54, 1.807) is 23.3 Å². The fourth-order valence-electron chi connectivity index (χ4n) is 2.07. The fourth-order valence-corrected chi connectivity index (χ4v) is 2.07. The van der Waals surface area contributed by atoms with Gasteiger partial charge in [-0.15, -0.1) is 0 Å². The van der Waals surface area contributed by atoms with Gasteiger partial charge in [0, 0.05) is 30.3 Å². The third-order valence-corrected chi connectivity index (χ3v) is 4.05. The molecule has 3 heterocycles. The largest absolute Gasteiger partial charge is 0.498 e. The van der Waals surface area contributed by atoms with Crippen LogP contribution in [0.25, 0.3) is 5.82 Å². The first kappa shape index (κ1) is 14.0. The molecule has 0 saturated carbocycles. The lowest BCUT2D eigenvalue weighted by Crippen LogP contribution is -2.41. The number of hydrogen-bond acceptors (Lipinski definition) is 6. The Kier molecular flexibility index (Phi) is 3.03. The molecule has 7 nitrogen and oxygen atoms in total. The highest BCUT2D eigenvalue weighted by molar-refractivity contribution is 6.62. The Hall–Kier alpha value is -1.93. The van der Waals surface area contributed by atoms with Crippen molar-refractivity contribution in [3.63, 3.8) is 0 Å². The van der Waals surface area contributed by atoms with Gasteiger partial charge in [0.2, 0.25) is 0 Å². The molecule has 1 aliphatic rings. The van der Waals surface area contributed by atoms with E-state index in [0.29, 0.717) is 11.6 Å². The molecule has 0 unspecified atom stereocenters. The third kappa shape index (κ3) is 2.30. The van der Waals surface area contributed by atoms with E-state index in [2.05, 4.69) is 15.1 Å². The molecule has 2 N–H and O–H groups in total. The highest BCUT2D eigenvalue weighted by Crippen LogP contribution is 2.36. The van der Waals surface area contributed by atoms with Crippen molar-refractivity contribution in [2.24, 2.45) is 0 Å². The van der Waals surface area contributed by atoms with Crippen LogP contribution in [0.2, 0.25) is 0 Å². The van der Waals surface area contributed by atoms with Crippen LogP contribution >= 0.6 is 0 Å². The van der Waals surface area contributed by atoms with Crippen molar-refractivity contribution >= 4 is 18.4 Å². The summed E-state index contributed by atoms with van der Waals surface area (Å²) >= 11 is 0. The minimum atomic E-state index is -0.457. The van der Waals surface area contributed by atoms with Gasteiger partial charge in [-0.05, 0) is 27.7 Å². The zero-order valence-corrected chi connectivity index (χ0v) is 12.6. The van der Waals surface area contributed by atoms with Crippen molar-refractivity contribution in [2.75, 3.05) is 5.73 Å². The first-order chi connectivity index (χ1) is 9.80. The van der Waals surface area contributed by atoms with Gasteiger partial charge in [-0.25, -0.2) is 14.6 Å². The van der Waals surface area contributed by atoms with Crippen molar-refractivity contribution < 1.29 is 9.31 Å². The second-order valence-corrected chi connectivity index (χ2v) is 6.07. The number of nitrogens with zero attached hydrogens (tertiary/aromatic N) is 4. The van der Waals surface area contributed by atoms with Crippen LogP contribution in [0.5, 0.6) is 0 Å². The van der Waals surface area contributed by atoms with E-state index in [1.807, 2.05) is 27.7 Å². The van der Waals surface area contributed by atoms with Crippen LogP contribution in [-0.2, 0) is 9.31 Å². The summed E-state index contributed by atoms with van der Waals surface area (Å²) in [4.78, 5) is 8.18. The predicted octanol–water partition coefficient (Wildman–Crippen LogP) is 0.544. The van der Waals surface area contributed by atoms with E-state index in [9.17, 15) is 0 Å². The van der Waals surface area contributed by atoms with Crippen LogP contribution in [0.15, 0.2) is 24.8 Å². The maximum atomic E-state index is 5.99. The molecule has 21 heavy (non-hydrogen) atoms. The SMILES string of the molecule is CC1(C)OB(c2cnn(-c3nccnc3N)c2)OC1(C)C. The molecule has 0 amide bonds. The summed E-state index contributed by atoms with van der Waals surface area (Å²) in [6, 6.07) is 0. The molecule has 0 atom stereocenters. The van der Waals surface area contributed by atoms with Gasteiger partial charge >= 0.3 is 7.12 Å². The monoisotopic (exact) mass is 287 g/mol.